The van der Waals surface area contributed by atoms with E-state index in [1.807, 2.05) is 6.21 Å². The van der Waals surface area contributed by atoms with Crippen LogP contribution >= 0.6 is 0 Å². The molecule has 0 amide bonds. The van der Waals surface area contributed by atoms with Crippen LogP contribution < -0.4 is 0 Å². The summed E-state index contributed by atoms with van der Waals surface area (Å²) in [6.45, 7) is 6.28. The molecule has 0 fully saturated rings. The highest BCUT2D eigenvalue weighted by Crippen LogP contribution is 2.19. The third kappa shape index (κ3) is 3.04. The van der Waals surface area contributed by atoms with E-state index in [0.29, 0.717) is 0 Å². The Bertz CT molecular complexity index is 536. The fourth-order valence-electron chi connectivity index (χ4n) is 1.75. The van der Waals surface area contributed by atoms with Crippen molar-refractivity contribution in [3.8, 4) is 0 Å². The third-order valence-electron chi connectivity index (χ3n) is 2.78. The van der Waals surface area contributed by atoms with Crippen molar-refractivity contribution in [1.29, 1.82) is 0 Å². The smallest absolute Gasteiger partial charge is 0.0659 e. The monoisotopic (exact) mass is 223 g/mol. The zero-order chi connectivity index (χ0) is 12.3. The first kappa shape index (κ1) is 11.6. The Hall–Kier alpha value is -1.89. The fourth-order valence-corrected chi connectivity index (χ4v) is 1.75. The zero-order valence-corrected chi connectivity index (χ0v) is 10.6. The predicted octanol–water partition coefficient (Wildman–Crippen LogP) is 4.36. The topological polar surface area (TPSA) is 12.4 Å². The molecular weight excluding hydrogens is 206 g/mol. The van der Waals surface area contributed by atoms with Gasteiger partial charge >= 0.3 is 0 Å². The lowest BCUT2D eigenvalue weighted by Gasteiger charge is -2.01. The van der Waals surface area contributed by atoms with Crippen molar-refractivity contribution in [1.82, 2.24) is 0 Å². The molecule has 2 rings (SSSR count). The van der Waals surface area contributed by atoms with E-state index in [9.17, 15) is 0 Å². The summed E-state index contributed by atoms with van der Waals surface area (Å²) >= 11 is 0. The Morgan fingerprint density at radius 2 is 1.47 bits per heavy atom. The molecule has 0 aliphatic carbocycles. The average Bonchev–Trinajstić information content (AvgIpc) is 2.30. The Labute approximate surface area is 103 Å². The molecule has 0 saturated carbocycles. The number of hydrogen-bond acceptors (Lipinski definition) is 1. The zero-order valence-electron chi connectivity index (χ0n) is 10.6. The van der Waals surface area contributed by atoms with Gasteiger partial charge in [0.05, 0.1) is 5.69 Å². The largest absolute Gasteiger partial charge is 0.256 e. The SMILES string of the molecule is Cc1ccc(/C=N/c2ccc(C)cc2C)cc1. The summed E-state index contributed by atoms with van der Waals surface area (Å²) in [7, 11) is 0. The van der Waals surface area contributed by atoms with E-state index in [4.69, 9.17) is 0 Å². The van der Waals surface area contributed by atoms with Gasteiger partial charge in [-0.1, -0.05) is 47.5 Å². The maximum atomic E-state index is 4.52. The van der Waals surface area contributed by atoms with Gasteiger partial charge in [-0.05, 0) is 38.0 Å². The highest BCUT2D eigenvalue weighted by Gasteiger charge is 1.95. The number of rotatable bonds is 2. The van der Waals surface area contributed by atoms with Crippen LogP contribution in [0.2, 0.25) is 0 Å². The molecule has 0 aliphatic heterocycles. The molecule has 0 atom stereocenters. The van der Waals surface area contributed by atoms with E-state index in [1.54, 1.807) is 0 Å². The van der Waals surface area contributed by atoms with Crippen molar-refractivity contribution in [3.63, 3.8) is 0 Å². The van der Waals surface area contributed by atoms with Crippen LogP contribution in [0.4, 0.5) is 5.69 Å². The molecule has 0 saturated heterocycles. The first-order valence-corrected chi connectivity index (χ1v) is 5.83. The van der Waals surface area contributed by atoms with Crippen LogP contribution in [0.15, 0.2) is 47.5 Å². The van der Waals surface area contributed by atoms with Crippen molar-refractivity contribution < 1.29 is 0 Å². The minimum atomic E-state index is 1.04. The summed E-state index contributed by atoms with van der Waals surface area (Å²) in [6.07, 6.45) is 1.91. The van der Waals surface area contributed by atoms with Gasteiger partial charge in [0.1, 0.15) is 0 Å². The molecule has 1 nitrogen and oxygen atoms in total. The van der Waals surface area contributed by atoms with Gasteiger partial charge in [-0.3, -0.25) is 4.99 Å². The highest BCUT2D eigenvalue weighted by molar-refractivity contribution is 5.82. The maximum Gasteiger partial charge on any atom is 0.0659 e. The number of benzene rings is 2. The lowest BCUT2D eigenvalue weighted by atomic mass is 10.1. The first-order chi connectivity index (χ1) is 8.15. The van der Waals surface area contributed by atoms with Crippen molar-refractivity contribution >= 4 is 11.9 Å². The number of hydrogen-bond donors (Lipinski definition) is 0. The molecule has 0 aliphatic rings. The van der Waals surface area contributed by atoms with E-state index in [0.717, 1.165) is 11.3 Å². The number of aryl methyl sites for hydroxylation is 3. The molecule has 86 valence electrons. The van der Waals surface area contributed by atoms with Crippen molar-refractivity contribution in [2.75, 3.05) is 0 Å². The lowest BCUT2D eigenvalue weighted by molar-refractivity contribution is 1.35. The summed E-state index contributed by atoms with van der Waals surface area (Å²) in [6, 6.07) is 14.7. The lowest BCUT2D eigenvalue weighted by Crippen LogP contribution is -1.82. The minimum Gasteiger partial charge on any atom is -0.256 e. The van der Waals surface area contributed by atoms with Gasteiger partial charge in [0, 0.05) is 6.21 Å². The number of nitrogens with zero attached hydrogens (tertiary/aromatic N) is 1. The van der Waals surface area contributed by atoms with Gasteiger partial charge in [0.15, 0.2) is 0 Å². The summed E-state index contributed by atoms with van der Waals surface area (Å²) in [5, 5.41) is 0. The van der Waals surface area contributed by atoms with Gasteiger partial charge in [0.2, 0.25) is 0 Å². The van der Waals surface area contributed by atoms with Gasteiger partial charge in [-0.2, -0.15) is 0 Å². The Kier molecular flexibility index (Phi) is 3.38. The summed E-state index contributed by atoms with van der Waals surface area (Å²) in [5.41, 5.74) is 5.94. The highest BCUT2D eigenvalue weighted by atomic mass is 14.7. The molecule has 1 heteroatoms. The second kappa shape index (κ2) is 4.96. The molecule has 0 N–H and O–H groups in total. The maximum absolute atomic E-state index is 4.52. The molecular formula is C16H17N. The quantitative estimate of drug-likeness (QED) is 0.671. The molecule has 0 spiro atoms. The molecule has 0 heterocycles. The molecule has 2 aromatic carbocycles. The van der Waals surface area contributed by atoms with E-state index < -0.39 is 0 Å². The minimum absolute atomic E-state index is 1.04. The van der Waals surface area contributed by atoms with Crippen LogP contribution in [0.25, 0.3) is 0 Å². The van der Waals surface area contributed by atoms with Crippen molar-refractivity contribution in [3.05, 3.63) is 64.7 Å². The molecule has 0 radical (unpaired) electrons. The second-order valence-corrected chi connectivity index (χ2v) is 4.46. The number of aliphatic imine (C=N–C) groups is 1. The average molecular weight is 223 g/mol. The van der Waals surface area contributed by atoms with Gasteiger partial charge in [-0.15, -0.1) is 0 Å². The van der Waals surface area contributed by atoms with Gasteiger partial charge in [0.25, 0.3) is 0 Å². The first-order valence-electron chi connectivity index (χ1n) is 5.83. The Morgan fingerprint density at radius 3 is 2.12 bits per heavy atom. The molecule has 2 aromatic rings. The molecule has 0 aromatic heterocycles. The fraction of sp³-hybridized carbons (Fsp3) is 0.188. The second-order valence-electron chi connectivity index (χ2n) is 4.46. The van der Waals surface area contributed by atoms with E-state index in [1.165, 1.54) is 16.7 Å². The van der Waals surface area contributed by atoms with Crippen LogP contribution in [-0.2, 0) is 0 Å². The molecule has 0 unspecified atom stereocenters. The Balaban J connectivity index is 2.23. The van der Waals surface area contributed by atoms with Crippen LogP contribution in [0.5, 0.6) is 0 Å². The predicted molar refractivity (Wildman–Crippen MR) is 74.3 cm³/mol. The summed E-state index contributed by atoms with van der Waals surface area (Å²) in [4.78, 5) is 4.52. The van der Waals surface area contributed by atoms with E-state index >= 15 is 0 Å². The van der Waals surface area contributed by atoms with Crippen LogP contribution in [0, 0.1) is 20.8 Å². The van der Waals surface area contributed by atoms with Gasteiger partial charge in [-0.25, -0.2) is 0 Å². The summed E-state index contributed by atoms with van der Waals surface area (Å²) in [5.74, 6) is 0. The van der Waals surface area contributed by atoms with Crippen LogP contribution in [0.3, 0.4) is 0 Å². The van der Waals surface area contributed by atoms with Crippen molar-refractivity contribution in [2.45, 2.75) is 20.8 Å². The summed E-state index contributed by atoms with van der Waals surface area (Å²) < 4.78 is 0. The van der Waals surface area contributed by atoms with Crippen LogP contribution in [0.1, 0.15) is 22.3 Å². The third-order valence-corrected chi connectivity index (χ3v) is 2.78. The van der Waals surface area contributed by atoms with Crippen LogP contribution in [-0.4, -0.2) is 6.21 Å². The molecule has 17 heavy (non-hydrogen) atoms. The Morgan fingerprint density at radius 1 is 0.824 bits per heavy atom. The normalized spacial score (nSPS) is 11.0. The van der Waals surface area contributed by atoms with E-state index in [-0.39, 0.29) is 0 Å². The van der Waals surface area contributed by atoms with Crippen molar-refractivity contribution in [2.24, 2.45) is 4.99 Å². The molecule has 0 bridgehead atoms. The standard InChI is InChI=1S/C16H17N/c1-12-4-7-15(8-5-12)11-17-16-9-6-13(2)10-14(16)3/h4-11H,1-3H3/b17-11+. The van der Waals surface area contributed by atoms with Gasteiger partial charge < -0.3 is 0 Å². The van der Waals surface area contributed by atoms with E-state index in [2.05, 4.69) is 68.2 Å².